The van der Waals surface area contributed by atoms with Crippen LogP contribution >= 0.6 is 0 Å². The SMILES string of the molecule is O=C(NCCN1CCNC1=O)c1cc(NC(=O)[C@H]2CCCO2)cc(C(F)(F)F)c1. The third kappa shape index (κ3) is 5.37. The van der Waals surface area contributed by atoms with Crippen LogP contribution in [0.3, 0.4) is 0 Å². The topological polar surface area (TPSA) is 99.8 Å². The summed E-state index contributed by atoms with van der Waals surface area (Å²) in [4.78, 5) is 37.4. The summed E-state index contributed by atoms with van der Waals surface area (Å²) in [6.45, 7) is 1.74. The van der Waals surface area contributed by atoms with Crippen LogP contribution in [0.2, 0.25) is 0 Å². The number of carbonyl (C=O) groups is 3. The zero-order chi connectivity index (χ0) is 21.0. The van der Waals surface area contributed by atoms with Crippen molar-refractivity contribution in [3.63, 3.8) is 0 Å². The maximum atomic E-state index is 13.2. The molecule has 0 aromatic heterocycles. The summed E-state index contributed by atoms with van der Waals surface area (Å²) in [6, 6.07) is 2.43. The monoisotopic (exact) mass is 414 g/mol. The van der Waals surface area contributed by atoms with Crippen molar-refractivity contribution >= 4 is 23.5 Å². The van der Waals surface area contributed by atoms with Crippen LogP contribution in [-0.2, 0) is 15.7 Å². The number of hydrogen-bond donors (Lipinski definition) is 3. The number of urea groups is 1. The first kappa shape index (κ1) is 20.9. The molecule has 8 nitrogen and oxygen atoms in total. The van der Waals surface area contributed by atoms with Gasteiger partial charge in [0.15, 0.2) is 0 Å². The van der Waals surface area contributed by atoms with Crippen molar-refractivity contribution in [1.82, 2.24) is 15.5 Å². The molecule has 2 aliphatic heterocycles. The lowest BCUT2D eigenvalue weighted by Crippen LogP contribution is -2.36. The molecule has 2 fully saturated rings. The highest BCUT2D eigenvalue weighted by Gasteiger charge is 2.32. The van der Waals surface area contributed by atoms with Gasteiger partial charge >= 0.3 is 12.2 Å². The molecule has 0 spiro atoms. The van der Waals surface area contributed by atoms with Gasteiger partial charge in [-0.1, -0.05) is 0 Å². The van der Waals surface area contributed by atoms with Gasteiger partial charge in [-0.25, -0.2) is 4.79 Å². The number of nitrogens with one attached hydrogen (secondary N) is 3. The van der Waals surface area contributed by atoms with Gasteiger partial charge in [0.1, 0.15) is 6.10 Å². The zero-order valence-electron chi connectivity index (χ0n) is 15.5. The molecule has 3 rings (SSSR count). The average Bonchev–Trinajstić information content (AvgIpc) is 3.33. The highest BCUT2D eigenvalue weighted by molar-refractivity contribution is 5.98. The van der Waals surface area contributed by atoms with Gasteiger partial charge in [-0.2, -0.15) is 13.2 Å². The summed E-state index contributed by atoms with van der Waals surface area (Å²) in [6.07, 6.45) is -4.22. The van der Waals surface area contributed by atoms with Crippen LogP contribution in [0, 0.1) is 0 Å². The van der Waals surface area contributed by atoms with Gasteiger partial charge in [-0.3, -0.25) is 9.59 Å². The van der Waals surface area contributed by atoms with E-state index in [-0.39, 0.29) is 30.4 Å². The van der Waals surface area contributed by atoms with Gasteiger partial charge in [0.05, 0.1) is 5.56 Å². The van der Waals surface area contributed by atoms with E-state index >= 15 is 0 Å². The van der Waals surface area contributed by atoms with Crippen molar-refractivity contribution in [2.45, 2.75) is 25.1 Å². The molecule has 2 saturated heterocycles. The predicted octanol–water partition coefficient (Wildman–Crippen LogP) is 1.58. The number of alkyl halides is 3. The molecule has 2 aliphatic rings. The highest BCUT2D eigenvalue weighted by Crippen LogP contribution is 2.32. The lowest BCUT2D eigenvalue weighted by molar-refractivity contribution is -0.137. The molecule has 0 aliphatic carbocycles. The molecule has 3 N–H and O–H groups in total. The molecular weight excluding hydrogens is 393 g/mol. The van der Waals surface area contributed by atoms with E-state index in [1.165, 1.54) is 11.0 Å². The first-order valence-electron chi connectivity index (χ1n) is 9.20. The smallest absolute Gasteiger partial charge is 0.368 e. The van der Waals surface area contributed by atoms with Crippen molar-refractivity contribution < 1.29 is 32.3 Å². The van der Waals surface area contributed by atoms with Crippen LogP contribution in [0.25, 0.3) is 0 Å². The Morgan fingerprint density at radius 2 is 2.07 bits per heavy atom. The number of rotatable bonds is 6. The Morgan fingerprint density at radius 3 is 2.69 bits per heavy atom. The average molecular weight is 414 g/mol. The Kier molecular flexibility index (Phi) is 6.26. The van der Waals surface area contributed by atoms with Crippen LogP contribution in [0.5, 0.6) is 0 Å². The number of ether oxygens (including phenoxy) is 1. The Hall–Kier alpha value is -2.82. The van der Waals surface area contributed by atoms with E-state index in [0.717, 1.165) is 12.1 Å². The molecule has 0 unspecified atom stereocenters. The molecule has 4 amide bonds. The number of amides is 4. The summed E-state index contributed by atoms with van der Waals surface area (Å²) < 4.78 is 44.9. The Labute approximate surface area is 164 Å². The van der Waals surface area contributed by atoms with Crippen LogP contribution in [0.15, 0.2) is 18.2 Å². The van der Waals surface area contributed by atoms with Gasteiger partial charge < -0.3 is 25.6 Å². The third-order valence-corrected chi connectivity index (χ3v) is 4.62. The summed E-state index contributed by atoms with van der Waals surface area (Å²) in [5.41, 5.74) is -1.43. The minimum atomic E-state index is -4.69. The standard InChI is InChI=1S/C18H21F3N4O4/c19-18(20,21)12-8-11(15(26)22-3-5-25-6-4-23-17(25)28)9-13(10-12)24-16(27)14-2-1-7-29-14/h8-10,14H,1-7H2,(H,22,26)(H,23,28)(H,24,27)/t14-/m1/s1. The number of hydrogen-bond acceptors (Lipinski definition) is 4. The second kappa shape index (κ2) is 8.68. The van der Waals surface area contributed by atoms with Gasteiger partial charge in [-0.15, -0.1) is 0 Å². The lowest BCUT2D eigenvalue weighted by Gasteiger charge is -2.16. The van der Waals surface area contributed by atoms with E-state index in [1.807, 2.05) is 0 Å². The maximum absolute atomic E-state index is 13.2. The molecule has 2 heterocycles. The minimum Gasteiger partial charge on any atom is -0.368 e. The molecular formula is C18H21F3N4O4. The summed E-state index contributed by atoms with van der Waals surface area (Å²) in [5, 5.41) is 7.50. The van der Waals surface area contributed by atoms with E-state index in [4.69, 9.17) is 4.74 Å². The normalized spacial score (nSPS) is 19.2. The number of benzene rings is 1. The molecule has 158 valence electrons. The summed E-state index contributed by atoms with van der Waals surface area (Å²) in [5.74, 6) is -1.28. The quantitative estimate of drug-likeness (QED) is 0.658. The molecule has 0 saturated carbocycles. The fraction of sp³-hybridized carbons (Fsp3) is 0.500. The van der Waals surface area contributed by atoms with E-state index in [1.54, 1.807) is 0 Å². The highest BCUT2D eigenvalue weighted by atomic mass is 19.4. The van der Waals surface area contributed by atoms with Crippen LogP contribution < -0.4 is 16.0 Å². The molecule has 29 heavy (non-hydrogen) atoms. The molecule has 1 aromatic rings. The van der Waals surface area contributed by atoms with Crippen LogP contribution in [0.1, 0.15) is 28.8 Å². The summed E-state index contributed by atoms with van der Waals surface area (Å²) >= 11 is 0. The van der Waals surface area contributed by atoms with Gasteiger partial charge in [0.2, 0.25) is 0 Å². The number of halogens is 3. The zero-order valence-corrected chi connectivity index (χ0v) is 15.5. The Balaban J connectivity index is 1.69. The number of nitrogens with zero attached hydrogens (tertiary/aromatic N) is 1. The molecule has 0 radical (unpaired) electrons. The Bertz CT molecular complexity index is 794. The minimum absolute atomic E-state index is 0.0834. The van der Waals surface area contributed by atoms with Crippen molar-refractivity contribution in [2.75, 3.05) is 38.1 Å². The molecule has 1 aromatic carbocycles. The van der Waals surface area contributed by atoms with Crippen molar-refractivity contribution in [1.29, 1.82) is 0 Å². The van der Waals surface area contributed by atoms with E-state index in [2.05, 4.69) is 16.0 Å². The van der Waals surface area contributed by atoms with Gasteiger partial charge in [0.25, 0.3) is 11.8 Å². The first-order valence-corrected chi connectivity index (χ1v) is 9.20. The second-order valence-electron chi connectivity index (χ2n) is 6.76. The first-order chi connectivity index (χ1) is 13.7. The maximum Gasteiger partial charge on any atom is 0.416 e. The Morgan fingerprint density at radius 1 is 1.28 bits per heavy atom. The number of carbonyl (C=O) groups excluding carboxylic acids is 3. The molecule has 1 atom stereocenters. The van der Waals surface area contributed by atoms with E-state index in [0.29, 0.717) is 32.5 Å². The fourth-order valence-corrected chi connectivity index (χ4v) is 3.13. The predicted molar refractivity (Wildman–Crippen MR) is 96.4 cm³/mol. The molecule has 0 bridgehead atoms. The number of anilines is 1. The van der Waals surface area contributed by atoms with Crippen LogP contribution in [-0.4, -0.2) is 61.6 Å². The lowest BCUT2D eigenvalue weighted by atomic mass is 10.1. The van der Waals surface area contributed by atoms with Crippen molar-refractivity contribution in [3.8, 4) is 0 Å². The third-order valence-electron chi connectivity index (χ3n) is 4.62. The fourth-order valence-electron chi connectivity index (χ4n) is 3.13. The van der Waals surface area contributed by atoms with Crippen molar-refractivity contribution in [2.24, 2.45) is 0 Å². The largest absolute Gasteiger partial charge is 0.416 e. The van der Waals surface area contributed by atoms with Gasteiger partial charge in [0, 0.05) is 44.0 Å². The van der Waals surface area contributed by atoms with Gasteiger partial charge in [-0.05, 0) is 31.0 Å². The second-order valence-corrected chi connectivity index (χ2v) is 6.76. The van der Waals surface area contributed by atoms with Crippen molar-refractivity contribution in [3.05, 3.63) is 29.3 Å². The van der Waals surface area contributed by atoms with E-state index < -0.39 is 29.7 Å². The van der Waals surface area contributed by atoms with Crippen LogP contribution in [0.4, 0.5) is 23.7 Å². The molecule has 11 heteroatoms. The summed E-state index contributed by atoms with van der Waals surface area (Å²) in [7, 11) is 0. The van der Waals surface area contributed by atoms with E-state index in [9.17, 15) is 27.6 Å².